The summed E-state index contributed by atoms with van der Waals surface area (Å²) in [7, 11) is 0. The van der Waals surface area contributed by atoms with Crippen molar-refractivity contribution in [1.82, 2.24) is 4.98 Å². The summed E-state index contributed by atoms with van der Waals surface area (Å²) in [4.78, 5) is 3.75. The van der Waals surface area contributed by atoms with Gasteiger partial charge in [-0.2, -0.15) is 0 Å². The molecule has 1 heterocycles. The molecule has 0 spiro atoms. The number of ether oxygens (including phenoxy) is 1. The Morgan fingerprint density at radius 2 is 2.36 bits per heavy atom. The summed E-state index contributed by atoms with van der Waals surface area (Å²) in [6, 6.07) is 1.43. The van der Waals surface area contributed by atoms with Crippen LogP contribution in [-0.4, -0.2) is 16.7 Å². The monoisotopic (exact) mass is 199 g/mol. The minimum atomic E-state index is -0.564. The highest BCUT2D eigenvalue weighted by atomic mass is 19.1. The first kappa shape index (κ1) is 10.9. The molecule has 0 aliphatic heterocycles. The highest BCUT2D eigenvalue weighted by Crippen LogP contribution is 2.17. The van der Waals surface area contributed by atoms with Gasteiger partial charge in [0.05, 0.1) is 13.2 Å². The van der Waals surface area contributed by atoms with Crippen LogP contribution in [0, 0.1) is 5.82 Å². The third-order valence-corrected chi connectivity index (χ3v) is 1.84. The largest absolute Gasteiger partial charge is 0.476 e. The van der Waals surface area contributed by atoms with Gasteiger partial charge < -0.3 is 9.84 Å². The normalized spacial score (nSPS) is 10.2. The van der Waals surface area contributed by atoms with Gasteiger partial charge in [-0.05, 0) is 12.5 Å². The van der Waals surface area contributed by atoms with E-state index in [9.17, 15) is 4.39 Å². The number of rotatable bonds is 5. The molecule has 1 aromatic heterocycles. The predicted molar refractivity (Wildman–Crippen MR) is 50.5 cm³/mol. The fraction of sp³-hybridized carbons (Fsp3) is 0.500. The summed E-state index contributed by atoms with van der Waals surface area (Å²) < 4.78 is 18.5. The Kier molecular flexibility index (Phi) is 4.32. The Balaban J connectivity index is 2.66. The van der Waals surface area contributed by atoms with Gasteiger partial charge in [-0.1, -0.05) is 13.3 Å². The number of aromatic nitrogens is 1. The molecule has 0 bridgehead atoms. The Bertz CT molecular complexity index is 291. The highest BCUT2D eigenvalue weighted by Gasteiger charge is 2.09. The van der Waals surface area contributed by atoms with Crippen molar-refractivity contribution in [1.29, 1.82) is 0 Å². The van der Waals surface area contributed by atoms with Crippen molar-refractivity contribution in [3.63, 3.8) is 0 Å². The van der Waals surface area contributed by atoms with Crippen molar-refractivity contribution in [2.75, 3.05) is 6.61 Å². The maximum atomic E-state index is 13.4. The van der Waals surface area contributed by atoms with Crippen LogP contribution in [0.5, 0.6) is 5.88 Å². The number of hydrogen-bond donors (Lipinski definition) is 1. The van der Waals surface area contributed by atoms with Crippen molar-refractivity contribution in [2.24, 2.45) is 0 Å². The van der Waals surface area contributed by atoms with E-state index >= 15 is 0 Å². The molecule has 0 aliphatic carbocycles. The lowest BCUT2D eigenvalue weighted by atomic mass is 10.3. The van der Waals surface area contributed by atoms with E-state index < -0.39 is 5.82 Å². The van der Waals surface area contributed by atoms with Crippen LogP contribution in [0.4, 0.5) is 4.39 Å². The Morgan fingerprint density at radius 1 is 1.57 bits per heavy atom. The second kappa shape index (κ2) is 5.54. The molecule has 0 aliphatic rings. The zero-order chi connectivity index (χ0) is 10.4. The summed E-state index contributed by atoms with van der Waals surface area (Å²) >= 11 is 0. The van der Waals surface area contributed by atoms with Crippen LogP contribution in [0.1, 0.15) is 25.3 Å². The summed E-state index contributed by atoms with van der Waals surface area (Å²) in [5, 5.41) is 8.79. The molecule has 1 N–H and O–H groups in total. The van der Waals surface area contributed by atoms with Gasteiger partial charge in [-0.3, -0.25) is 0 Å². The molecule has 78 valence electrons. The SMILES string of the molecule is CCCCOc1nccc(CO)c1F. The molecule has 0 atom stereocenters. The number of nitrogens with zero attached hydrogens (tertiary/aromatic N) is 1. The molecule has 0 saturated carbocycles. The molecule has 0 aromatic carbocycles. The van der Waals surface area contributed by atoms with Gasteiger partial charge in [-0.15, -0.1) is 0 Å². The third kappa shape index (κ3) is 2.67. The van der Waals surface area contributed by atoms with E-state index in [0.29, 0.717) is 6.61 Å². The van der Waals surface area contributed by atoms with Gasteiger partial charge >= 0.3 is 0 Å². The average molecular weight is 199 g/mol. The fourth-order valence-corrected chi connectivity index (χ4v) is 0.998. The fourth-order valence-electron chi connectivity index (χ4n) is 0.998. The van der Waals surface area contributed by atoms with E-state index in [1.165, 1.54) is 12.3 Å². The van der Waals surface area contributed by atoms with E-state index in [-0.39, 0.29) is 18.1 Å². The van der Waals surface area contributed by atoms with Crippen LogP contribution < -0.4 is 4.74 Å². The first-order valence-corrected chi connectivity index (χ1v) is 4.66. The number of aliphatic hydroxyl groups excluding tert-OH is 1. The van der Waals surface area contributed by atoms with Crippen LogP contribution in [0.3, 0.4) is 0 Å². The molecular weight excluding hydrogens is 185 g/mol. The van der Waals surface area contributed by atoms with Gasteiger partial charge in [-0.25, -0.2) is 9.37 Å². The van der Waals surface area contributed by atoms with E-state index in [1.807, 2.05) is 6.92 Å². The molecule has 4 heteroatoms. The lowest BCUT2D eigenvalue weighted by Gasteiger charge is -2.06. The van der Waals surface area contributed by atoms with Crippen LogP contribution in [0.2, 0.25) is 0 Å². The lowest BCUT2D eigenvalue weighted by Crippen LogP contribution is -2.03. The molecule has 1 rings (SSSR count). The molecule has 1 aromatic rings. The number of unbranched alkanes of at least 4 members (excludes halogenated alkanes) is 1. The van der Waals surface area contributed by atoms with E-state index in [0.717, 1.165) is 12.8 Å². The maximum Gasteiger partial charge on any atom is 0.250 e. The zero-order valence-corrected chi connectivity index (χ0v) is 8.16. The lowest BCUT2D eigenvalue weighted by molar-refractivity contribution is 0.259. The Morgan fingerprint density at radius 3 is 3.00 bits per heavy atom. The quantitative estimate of drug-likeness (QED) is 0.736. The van der Waals surface area contributed by atoms with E-state index in [1.54, 1.807) is 0 Å². The number of hydrogen-bond acceptors (Lipinski definition) is 3. The molecule has 3 nitrogen and oxygen atoms in total. The van der Waals surface area contributed by atoms with Crippen molar-refractivity contribution in [3.05, 3.63) is 23.6 Å². The Hall–Kier alpha value is -1.16. The minimum Gasteiger partial charge on any atom is -0.476 e. The molecule has 0 fully saturated rings. The van der Waals surface area contributed by atoms with Gasteiger partial charge in [0.25, 0.3) is 5.88 Å². The second-order valence-electron chi connectivity index (χ2n) is 2.95. The Labute approximate surface area is 82.5 Å². The average Bonchev–Trinajstić information content (AvgIpc) is 2.21. The minimum absolute atomic E-state index is 0.0231. The molecule has 0 saturated heterocycles. The smallest absolute Gasteiger partial charge is 0.250 e. The summed E-state index contributed by atoms with van der Waals surface area (Å²) in [6.45, 7) is 2.14. The molecule has 0 unspecified atom stereocenters. The van der Waals surface area contributed by atoms with Gasteiger partial charge in [0, 0.05) is 11.8 Å². The van der Waals surface area contributed by atoms with E-state index in [2.05, 4.69) is 4.98 Å². The predicted octanol–water partition coefficient (Wildman–Crippen LogP) is 1.89. The first-order chi connectivity index (χ1) is 6.79. The summed E-state index contributed by atoms with van der Waals surface area (Å²) in [5.41, 5.74) is 0.214. The standard InChI is InChI=1S/C10H14FNO2/c1-2-3-6-14-10-9(11)8(7-13)4-5-12-10/h4-5,13H,2-3,6-7H2,1H3. The number of aliphatic hydroxyl groups is 1. The van der Waals surface area contributed by atoms with Gasteiger partial charge in [0.1, 0.15) is 0 Å². The van der Waals surface area contributed by atoms with Gasteiger partial charge in [0.15, 0.2) is 5.82 Å². The highest BCUT2D eigenvalue weighted by molar-refractivity contribution is 5.22. The summed E-state index contributed by atoms with van der Waals surface area (Å²) in [6.07, 6.45) is 3.28. The van der Waals surface area contributed by atoms with Crippen molar-refractivity contribution >= 4 is 0 Å². The second-order valence-corrected chi connectivity index (χ2v) is 2.95. The zero-order valence-electron chi connectivity index (χ0n) is 8.16. The van der Waals surface area contributed by atoms with Crippen LogP contribution in [0.15, 0.2) is 12.3 Å². The van der Waals surface area contributed by atoms with Crippen molar-refractivity contribution in [3.8, 4) is 5.88 Å². The number of halogens is 1. The van der Waals surface area contributed by atoms with Crippen molar-refractivity contribution in [2.45, 2.75) is 26.4 Å². The molecular formula is C10H14FNO2. The molecule has 0 amide bonds. The van der Waals surface area contributed by atoms with Crippen LogP contribution >= 0.6 is 0 Å². The van der Waals surface area contributed by atoms with Crippen molar-refractivity contribution < 1.29 is 14.2 Å². The summed E-state index contributed by atoms with van der Waals surface area (Å²) in [5.74, 6) is -0.587. The maximum absolute atomic E-state index is 13.4. The van der Waals surface area contributed by atoms with E-state index in [4.69, 9.17) is 9.84 Å². The van der Waals surface area contributed by atoms with Gasteiger partial charge in [0.2, 0.25) is 0 Å². The molecule has 14 heavy (non-hydrogen) atoms. The molecule has 0 radical (unpaired) electrons. The topological polar surface area (TPSA) is 42.4 Å². The van der Waals surface area contributed by atoms with Crippen LogP contribution in [-0.2, 0) is 6.61 Å². The van der Waals surface area contributed by atoms with Crippen LogP contribution in [0.25, 0.3) is 0 Å². The first-order valence-electron chi connectivity index (χ1n) is 4.66. The number of pyridine rings is 1. The third-order valence-electron chi connectivity index (χ3n) is 1.84.